The summed E-state index contributed by atoms with van der Waals surface area (Å²) in [5, 5.41) is 16.2. The lowest BCUT2D eigenvalue weighted by molar-refractivity contribution is -0.105. The van der Waals surface area contributed by atoms with Crippen molar-refractivity contribution in [2.24, 2.45) is 0 Å². The summed E-state index contributed by atoms with van der Waals surface area (Å²) < 4.78 is 23.1. The number of unbranched alkanes of at least 4 members (excludes halogenated alkanes) is 3. The zero-order valence-electron chi connectivity index (χ0n) is 22.3. The Bertz CT molecular complexity index is 1100. The number of carbonyl (C=O) groups is 1. The number of phenols is 1. The van der Waals surface area contributed by atoms with Crippen molar-refractivity contribution in [3.8, 4) is 5.75 Å². The van der Waals surface area contributed by atoms with Crippen molar-refractivity contribution in [1.82, 2.24) is 10.2 Å². The molecule has 1 amide bonds. The Hall–Kier alpha value is -2.42. The molecule has 2 aromatic carbocycles. The number of anilines is 1. The number of amides is 1. The van der Waals surface area contributed by atoms with Crippen LogP contribution >= 0.6 is 0 Å². The highest BCUT2D eigenvalue weighted by Gasteiger charge is 2.24. The van der Waals surface area contributed by atoms with Crippen LogP contribution in [-0.4, -0.2) is 63.3 Å². The fourth-order valence-corrected chi connectivity index (χ4v) is 5.84. The summed E-state index contributed by atoms with van der Waals surface area (Å²) in [6, 6.07) is 11.4. The molecule has 0 fully saturated rings. The number of nitrogens with zero attached hydrogens (tertiary/aromatic N) is 1. The Kier molecular flexibility index (Phi) is 11.4. The zero-order chi connectivity index (χ0) is 26.7. The molecular formula is C29H43N3O4S. The fraction of sp³-hybridized carbons (Fsp3) is 0.552. The van der Waals surface area contributed by atoms with Gasteiger partial charge in [-0.3, -0.25) is 4.79 Å². The topological polar surface area (TPSA) is 98.7 Å². The van der Waals surface area contributed by atoms with Gasteiger partial charge in [-0.05, 0) is 112 Å². The van der Waals surface area contributed by atoms with Crippen LogP contribution in [0.2, 0.25) is 0 Å². The summed E-state index contributed by atoms with van der Waals surface area (Å²) in [4.78, 5) is 13.8. The summed E-state index contributed by atoms with van der Waals surface area (Å²) in [5.41, 5.74) is 4.07. The van der Waals surface area contributed by atoms with E-state index in [1.165, 1.54) is 36.6 Å². The molecular weight excluding hydrogens is 486 g/mol. The van der Waals surface area contributed by atoms with Crippen LogP contribution in [0.3, 0.4) is 0 Å². The van der Waals surface area contributed by atoms with E-state index >= 15 is 0 Å². The third-order valence-electron chi connectivity index (χ3n) is 7.25. The molecule has 0 spiro atoms. The number of nitrogens with one attached hydrogen (secondary N) is 2. The smallest absolute Gasteiger partial charge is 0.211 e. The molecule has 1 atom stereocenters. The molecule has 0 saturated heterocycles. The van der Waals surface area contributed by atoms with E-state index in [-0.39, 0.29) is 5.75 Å². The Morgan fingerprint density at radius 3 is 2.49 bits per heavy atom. The van der Waals surface area contributed by atoms with E-state index < -0.39 is 9.84 Å². The summed E-state index contributed by atoms with van der Waals surface area (Å²) in [6.45, 7) is 6.35. The maximum atomic E-state index is 11.6. The predicted octanol–water partition coefficient (Wildman–Crippen LogP) is 4.33. The van der Waals surface area contributed by atoms with Gasteiger partial charge in [0.2, 0.25) is 6.41 Å². The first-order valence-corrected chi connectivity index (χ1v) is 15.5. The monoisotopic (exact) mass is 529 g/mol. The molecule has 1 aliphatic rings. The molecule has 0 heterocycles. The minimum atomic E-state index is -3.13. The second kappa shape index (κ2) is 14.5. The summed E-state index contributed by atoms with van der Waals surface area (Å²) in [6.07, 6.45) is 11.7. The largest absolute Gasteiger partial charge is 0.506 e. The maximum absolute atomic E-state index is 11.6. The van der Waals surface area contributed by atoms with E-state index in [0.29, 0.717) is 23.0 Å². The van der Waals surface area contributed by atoms with Crippen molar-refractivity contribution >= 4 is 21.9 Å². The van der Waals surface area contributed by atoms with Crippen molar-refractivity contribution in [1.29, 1.82) is 0 Å². The van der Waals surface area contributed by atoms with Gasteiger partial charge in [0.15, 0.2) is 9.84 Å². The number of carbonyl (C=O) groups excluding carboxylic acids is 1. The van der Waals surface area contributed by atoms with Crippen LogP contribution in [0.15, 0.2) is 41.3 Å². The quantitative estimate of drug-likeness (QED) is 0.170. The van der Waals surface area contributed by atoms with Gasteiger partial charge >= 0.3 is 0 Å². The van der Waals surface area contributed by atoms with Gasteiger partial charge in [0.1, 0.15) is 5.75 Å². The van der Waals surface area contributed by atoms with Crippen LogP contribution in [0.25, 0.3) is 0 Å². The Labute approximate surface area is 222 Å². The van der Waals surface area contributed by atoms with Crippen LogP contribution in [0.5, 0.6) is 5.75 Å². The van der Waals surface area contributed by atoms with Crippen LogP contribution in [0.1, 0.15) is 62.1 Å². The Morgan fingerprint density at radius 1 is 1.03 bits per heavy atom. The van der Waals surface area contributed by atoms with Crippen molar-refractivity contribution in [3.63, 3.8) is 0 Å². The number of phenolic OH excluding ortho intramolecular Hbond substituents is 1. The average molecular weight is 530 g/mol. The molecule has 2 aromatic rings. The van der Waals surface area contributed by atoms with Crippen molar-refractivity contribution in [2.75, 3.05) is 37.8 Å². The summed E-state index contributed by atoms with van der Waals surface area (Å²) in [5.74, 6) is 0.146. The number of hydrogen-bond donors (Lipinski definition) is 3. The van der Waals surface area contributed by atoms with Crippen molar-refractivity contribution in [2.45, 2.75) is 75.6 Å². The number of sulfone groups is 1. The average Bonchev–Trinajstić information content (AvgIpc) is 2.87. The molecule has 3 rings (SSSR count). The highest BCUT2D eigenvalue weighted by atomic mass is 32.2. The fourth-order valence-electron chi connectivity index (χ4n) is 5.21. The minimum Gasteiger partial charge on any atom is -0.506 e. The van der Waals surface area contributed by atoms with E-state index in [1.807, 2.05) is 24.3 Å². The minimum absolute atomic E-state index is 0.146. The van der Waals surface area contributed by atoms with Gasteiger partial charge in [-0.2, -0.15) is 0 Å². The lowest BCUT2D eigenvalue weighted by Crippen LogP contribution is -2.40. The molecule has 37 heavy (non-hydrogen) atoms. The van der Waals surface area contributed by atoms with Crippen molar-refractivity contribution in [3.05, 3.63) is 53.1 Å². The van der Waals surface area contributed by atoms with Gasteiger partial charge in [0.05, 0.1) is 10.6 Å². The lowest BCUT2D eigenvalue weighted by atomic mass is 9.86. The van der Waals surface area contributed by atoms with Crippen LogP contribution in [-0.2, 0) is 33.9 Å². The molecule has 1 unspecified atom stereocenters. The normalized spacial score (nSPS) is 15.5. The Balaban J connectivity index is 1.33. The highest BCUT2D eigenvalue weighted by molar-refractivity contribution is 7.90. The number of rotatable bonds is 16. The molecule has 0 saturated carbocycles. The van der Waals surface area contributed by atoms with Crippen LogP contribution < -0.4 is 10.6 Å². The van der Waals surface area contributed by atoms with Crippen LogP contribution in [0.4, 0.5) is 5.69 Å². The van der Waals surface area contributed by atoms with E-state index in [9.17, 15) is 18.3 Å². The molecule has 0 radical (unpaired) electrons. The summed E-state index contributed by atoms with van der Waals surface area (Å²) >= 11 is 0. The number of aromatic hydroxyl groups is 1. The first kappa shape index (κ1) is 29.1. The SMILES string of the molecule is CCCN(CCCCCCNCCc1ccc(S(C)(=O)=O)cc1)C1CCc2cc(O)c(NC=O)cc2C1. The van der Waals surface area contributed by atoms with Crippen LogP contribution in [0, 0.1) is 0 Å². The standard InChI is InChI=1S/C29H43N3O4S/c1-3-17-32(26-11-10-24-21-29(34)28(31-22-33)20-25(24)19-26)18-7-5-4-6-15-30-16-14-23-8-12-27(13-9-23)37(2,35)36/h8-9,12-13,20-22,26,30,34H,3-7,10-11,14-19H2,1-2H3,(H,31,33). The Morgan fingerprint density at radius 2 is 1.78 bits per heavy atom. The lowest BCUT2D eigenvalue weighted by Gasteiger charge is -2.35. The molecule has 0 bridgehead atoms. The highest BCUT2D eigenvalue weighted by Crippen LogP contribution is 2.33. The third-order valence-corrected chi connectivity index (χ3v) is 8.38. The number of fused-ring (bicyclic) bond motifs is 1. The predicted molar refractivity (Wildman–Crippen MR) is 150 cm³/mol. The molecule has 3 N–H and O–H groups in total. The van der Waals surface area contributed by atoms with E-state index in [1.54, 1.807) is 12.1 Å². The van der Waals surface area contributed by atoms with E-state index in [2.05, 4.69) is 22.5 Å². The summed E-state index contributed by atoms with van der Waals surface area (Å²) in [7, 11) is -3.13. The van der Waals surface area contributed by atoms with Gasteiger partial charge in [-0.15, -0.1) is 0 Å². The van der Waals surface area contributed by atoms with E-state index in [0.717, 1.165) is 70.3 Å². The van der Waals surface area contributed by atoms with Gasteiger partial charge in [0.25, 0.3) is 0 Å². The van der Waals surface area contributed by atoms with Gasteiger partial charge in [0, 0.05) is 12.3 Å². The molecule has 7 nitrogen and oxygen atoms in total. The maximum Gasteiger partial charge on any atom is 0.211 e. The van der Waals surface area contributed by atoms with Gasteiger partial charge in [-0.1, -0.05) is 31.9 Å². The molecule has 1 aliphatic carbocycles. The second-order valence-electron chi connectivity index (χ2n) is 10.2. The first-order valence-electron chi connectivity index (χ1n) is 13.6. The van der Waals surface area contributed by atoms with Gasteiger partial charge in [-0.25, -0.2) is 8.42 Å². The first-order chi connectivity index (χ1) is 17.8. The number of hydrogen-bond acceptors (Lipinski definition) is 6. The third kappa shape index (κ3) is 9.13. The van der Waals surface area contributed by atoms with Crippen molar-refractivity contribution < 1.29 is 18.3 Å². The molecule has 8 heteroatoms. The van der Waals surface area contributed by atoms with Gasteiger partial charge < -0.3 is 20.6 Å². The second-order valence-corrected chi connectivity index (χ2v) is 12.2. The van der Waals surface area contributed by atoms with E-state index in [4.69, 9.17) is 0 Å². The molecule has 0 aromatic heterocycles. The molecule has 0 aliphatic heterocycles. The number of benzene rings is 2. The zero-order valence-corrected chi connectivity index (χ0v) is 23.2. The number of aryl methyl sites for hydroxylation is 1. The molecule has 204 valence electrons.